The lowest BCUT2D eigenvalue weighted by molar-refractivity contribution is -0.146. The smallest absolute Gasteiger partial charge is 0.328 e. The molecular formula is C15H18BrNO4. The molecule has 0 radical (unpaired) electrons. The summed E-state index contributed by atoms with van der Waals surface area (Å²) in [7, 11) is 1.31. The Labute approximate surface area is 132 Å². The second kappa shape index (κ2) is 7.56. The number of nitrogens with one attached hydrogen (secondary N) is 1. The van der Waals surface area contributed by atoms with E-state index in [0.717, 1.165) is 16.5 Å². The molecule has 5 nitrogen and oxygen atoms in total. The van der Waals surface area contributed by atoms with E-state index in [1.807, 2.05) is 24.3 Å². The van der Waals surface area contributed by atoms with Crippen LogP contribution in [-0.4, -0.2) is 37.7 Å². The van der Waals surface area contributed by atoms with Crippen molar-refractivity contribution in [3.8, 4) is 0 Å². The van der Waals surface area contributed by atoms with Crippen LogP contribution in [-0.2, 0) is 25.5 Å². The fourth-order valence-electron chi connectivity index (χ4n) is 2.27. The zero-order chi connectivity index (χ0) is 15.2. The van der Waals surface area contributed by atoms with Gasteiger partial charge in [0.1, 0.15) is 12.1 Å². The highest BCUT2D eigenvalue weighted by Crippen LogP contribution is 2.18. The summed E-state index contributed by atoms with van der Waals surface area (Å²) in [4.78, 5) is 24.0. The summed E-state index contributed by atoms with van der Waals surface area (Å²) >= 11 is 3.44. The quantitative estimate of drug-likeness (QED) is 0.818. The lowest BCUT2D eigenvalue weighted by atomic mass is 10.1. The van der Waals surface area contributed by atoms with Gasteiger partial charge in [-0.1, -0.05) is 34.1 Å². The molecule has 21 heavy (non-hydrogen) atoms. The Hall–Kier alpha value is -1.40. The van der Waals surface area contributed by atoms with E-state index in [-0.39, 0.29) is 5.91 Å². The average Bonchev–Trinajstić information content (AvgIpc) is 3.02. The van der Waals surface area contributed by atoms with Crippen LogP contribution >= 0.6 is 15.9 Å². The zero-order valence-electron chi connectivity index (χ0n) is 11.8. The maximum atomic E-state index is 12.1. The largest absolute Gasteiger partial charge is 0.467 e. The van der Waals surface area contributed by atoms with Gasteiger partial charge < -0.3 is 14.8 Å². The molecule has 1 N–H and O–H groups in total. The summed E-state index contributed by atoms with van der Waals surface area (Å²) in [6.07, 6.45) is 1.46. The van der Waals surface area contributed by atoms with E-state index in [1.54, 1.807) is 0 Å². The number of hydrogen-bond donors (Lipinski definition) is 1. The molecule has 0 aliphatic carbocycles. The van der Waals surface area contributed by atoms with Gasteiger partial charge in [0.25, 0.3) is 0 Å². The van der Waals surface area contributed by atoms with Crippen LogP contribution in [0.4, 0.5) is 0 Å². The van der Waals surface area contributed by atoms with Gasteiger partial charge in [0.2, 0.25) is 5.91 Å². The van der Waals surface area contributed by atoms with Crippen molar-refractivity contribution in [3.63, 3.8) is 0 Å². The fourth-order valence-corrected chi connectivity index (χ4v) is 2.72. The standard InChI is InChI=1S/C15H18BrNO4/c1-20-15(19)12(9-10-5-2-3-6-11(10)16)17-14(18)13-7-4-8-21-13/h2-3,5-6,12-13H,4,7-9H2,1H3,(H,17,18)/t12-,13-/m0/s1. The summed E-state index contributed by atoms with van der Waals surface area (Å²) in [5.41, 5.74) is 0.931. The van der Waals surface area contributed by atoms with Gasteiger partial charge >= 0.3 is 5.97 Å². The molecule has 1 aromatic rings. The van der Waals surface area contributed by atoms with E-state index in [1.165, 1.54) is 7.11 Å². The molecular weight excluding hydrogens is 338 g/mol. The minimum Gasteiger partial charge on any atom is -0.467 e. The third kappa shape index (κ3) is 4.28. The van der Waals surface area contributed by atoms with Gasteiger partial charge in [0.15, 0.2) is 0 Å². The molecule has 0 spiro atoms. The molecule has 1 heterocycles. The number of hydrogen-bond acceptors (Lipinski definition) is 4. The van der Waals surface area contributed by atoms with Crippen molar-refractivity contribution in [3.05, 3.63) is 34.3 Å². The first kappa shape index (κ1) is 16.0. The van der Waals surface area contributed by atoms with E-state index in [2.05, 4.69) is 21.2 Å². The number of esters is 1. The molecule has 1 saturated heterocycles. The summed E-state index contributed by atoms with van der Waals surface area (Å²) < 4.78 is 11.0. The predicted molar refractivity (Wildman–Crippen MR) is 80.8 cm³/mol. The van der Waals surface area contributed by atoms with Gasteiger partial charge in [-0.05, 0) is 24.5 Å². The van der Waals surface area contributed by atoms with Crippen LogP contribution in [0.1, 0.15) is 18.4 Å². The third-order valence-corrected chi connectivity index (χ3v) is 4.18. The SMILES string of the molecule is COC(=O)[C@H](Cc1ccccc1Br)NC(=O)[C@@H]1CCCO1. The molecule has 0 aromatic heterocycles. The maximum absolute atomic E-state index is 12.1. The van der Waals surface area contributed by atoms with Gasteiger partial charge in [-0.25, -0.2) is 4.79 Å². The van der Waals surface area contributed by atoms with Gasteiger partial charge in [0, 0.05) is 17.5 Å². The highest BCUT2D eigenvalue weighted by molar-refractivity contribution is 9.10. The molecule has 2 atom stereocenters. The predicted octanol–water partition coefficient (Wildman–Crippen LogP) is 1.83. The van der Waals surface area contributed by atoms with E-state index in [0.29, 0.717) is 19.4 Å². The summed E-state index contributed by atoms with van der Waals surface area (Å²) in [5, 5.41) is 2.73. The van der Waals surface area contributed by atoms with Gasteiger partial charge in [-0.2, -0.15) is 0 Å². The number of ether oxygens (including phenoxy) is 2. The molecule has 2 rings (SSSR count). The number of benzene rings is 1. The van der Waals surface area contributed by atoms with Crippen LogP contribution in [0.15, 0.2) is 28.7 Å². The van der Waals surface area contributed by atoms with Crippen LogP contribution in [0, 0.1) is 0 Å². The number of amides is 1. The maximum Gasteiger partial charge on any atom is 0.328 e. The van der Waals surface area contributed by atoms with Gasteiger partial charge in [0.05, 0.1) is 7.11 Å². The lowest BCUT2D eigenvalue weighted by Gasteiger charge is -2.19. The van der Waals surface area contributed by atoms with Crippen LogP contribution in [0.2, 0.25) is 0 Å². The number of halogens is 1. The molecule has 1 amide bonds. The first-order valence-corrected chi connectivity index (χ1v) is 7.64. The van der Waals surface area contributed by atoms with Crippen LogP contribution in [0.3, 0.4) is 0 Å². The van der Waals surface area contributed by atoms with E-state index in [4.69, 9.17) is 9.47 Å². The lowest BCUT2D eigenvalue weighted by Crippen LogP contribution is -2.47. The highest BCUT2D eigenvalue weighted by atomic mass is 79.9. The minimum atomic E-state index is -0.717. The first-order chi connectivity index (χ1) is 10.1. The van der Waals surface area contributed by atoms with Crippen molar-refractivity contribution in [2.75, 3.05) is 13.7 Å². The molecule has 1 fully saturated rings. The van der Waals surface area contributed by atoms with Crippen molar-refractivity contribution in [2.24, 2.45) is 0 Å². The zero-order valence-corrected chi connectivity index (χ0v) is 13.4. The number of rotatable bonds is 5. The summed E-state index contributed by atoms with van der Waals surface area (Å²) in [6.45, 7) is 0.589. The summed E-state index contributed by atoms with van der Waals surface area (Å²) in [5.74, 6) is -0.716. The Morgan fingerprint density at radius 1 is 1.48 bits per heavy atom. The molecule has 6 heteroatoms. The average molecular weight is 356 g/mol. The minimum absolute atomic E-state index is 0.255. The van der Waals surface area contributed by atoms with E-state index >= 15 is 0 Å². The van der Waals surface area contributed by atoms with Crippen LogP contribution in [0.25, 0.3) is 0 Å². The van der Waals surface area contributed by atoms with Crippen molar-refractivity contribution < 1.29 is 19.1 Å². The van der Waals surface area contributed by atoms with Crippen LogP contribution < -0.4 is 5.32 Å². The monoisotopic (exact) mass is 355 g/mol. The topological polar surface area (TPSA) is 64.6 Å². The summed E-state index contributed by atoms with van der Waals surface area (Å²) in [6, 6.07) is 6.86. The number of carbonyl (C=O) groups is 2. The number of carbonyl (C=O) groups excluding carboxylic acids is 2. The Balaban J connectivity index is 2.06. The third-order valence-electron chi connectivity index (χ3n) is 3.41. The Morgan fingerprint density at radius 3 is 2.86 bits per heavy atom. The van der Waals surface area contributed by atoms with Gasteiger partial charge in [-0.15, -0.1) is 0 Å². The van der Waals surface area contributed by atoms with E-state index < -0.39 is 18.1 Å². The Kier molecular flexibility index (Phi) is 5.76. The van der Waals surface area contributed by atoms with Crippen molar-refractivity contribution in [1.29, 1.82) is 0 Å². The highest BCUT2D eigenvalue weighted by Gasteiger charge is 2.29. The normalized spacial score (nSPS) is 19.0. The molecule has 114 valence electrons. The first-order valence-electron chi connectivity index (χ1n) is 6.85. The molecule has 0 unspecified atom stereocenters. The number of methoxy groups -OCH3 is 1. The van der Waals surface area contributed by atoms with Crippen molar-refractivity contribution in [2.45, 2.75) is 31.4 Å². The second-order valence-corrected chi connectivity index (χ2v) is 5.74. The van der Waals surface area contributed by atoms with Crippen molar-refractivity contribution in [1.82, 2.24) is 5.32 Å². The molecule has 0 saturated carbocycles. The van der Waals surface area contributed by atoms with Crippen molar-refractivity contribution >= 4 is 27.8 Å². The Morgan fingerprint density at radius 2 is 2.24 bits per heavy atom. The Bertz CT molecular complexity index is 514. The fraction of sp³-hybridized carbons (Fsp3) is 0.467. The van der Waals surface area contributed by atoms with E-state index in [9.17, 15) is 9.59 Å². The van der Waals surface area contributed by atoms with Gasteiger partial charge in [-0.3, -0.25) is 4.79 Å². The van der Waals surface area contributed by atoms with Crippen LogP contribution in [0.5, 0.6) is 0 Å². The molecule has 1 aliphatic heterocycles. The molecule has 0 bridgehead atoms. The molecule has 1 aliphatic rings. The molecule has 1 aromatic carbocycles. The second-order valence-electron chi connectivity index (χ2n) is 4.88.